The Kier molecular flexibility index (Phi) is 5.52. The number of nitrogens with two attached hydrogens (primary N) is 1. The number of anilines is 2. The van der Waals surface area contributed by atoms with Crippen molar-refractivity contribution in [1.29, 1.82) is 0 Å². The van der Waals surface area contributed by atoms with Gasteiger partial charge in [0.15, 0.2) is 21.5 Å². The maximum atomic E-state index is 14.9. The summed E-state index contributed by atoms with van der Waals surface area (Å²) >= 11 is 5.89. The van der Waals surface area contributed by atoms with Gasteiger partial charge in [0.05, 0.1) is 17.0 Å². The van der Waals surface area contributed by atoms with Crippen molar-refractivity contribution < 1.29 is 21.6 Å². The van der Waals surface area contributed by atoms with Crippen LogP contribution in [0.2, 0.25) is 5.02 Å². The maximum absolute atomic E-state index is 14.9. The van der Waals surface area contributed by atoms with E-state index < -0.39 is 44.2 Å². The van der Waals surface area contributed by atoms with Crippen LogP contribution in [0.5, 0.6) is 0 Å². The lowest BCUT2D eigenvalue weighted by molar-refractivity contribution is 0.324. The van der Waals surface area contributed by atoms with E-state index in [1.807, 2.05) is 0 Å². The van der Waals surface area contributed by atoms with Crippen molar-refractivity contribution in [3.63, 3.8) is 0 Å². The first-order chi connectivity index (χ1) is 15.4. The molecule has 0 saturated carbocycles. The molecule has 1 aliphatic heterocycles. The summed E-state index contributed by atoms with van der Waals surface area (Å²) in [5, 5.41) is 3.23. The Morgan fingerprint density at radius 3 is 2.55 bits per heavy atom. The van der Waals surface area contributed by atoms with Crippen LogP contribution in [0.15, 0.2) is 41.7 Å². The quantitative estimate of drug-likeness (QED) is 0.563. The molecule has 3 N–H and O–H groups in total. The predicted octanol–water partition coefficient (Wildman–Crippen LogP) is 4.03. The van der Waals surface area contributed by atoms with E-state index >= 15 is 0 Å². The van der Waals surface area contributed by atoms with E-state index in [1.54, 1.807) is 0 Å². The van der Waals surface area contributed by atoms with Gasteiger partial charge in [-0.2, -0.15) is 0 Å². The van der Waals surface area contributed by atoms with E-state index in [0.717, 1.165) is 12.3 Å². The van der Waals surface area contributed by atoms with Gasteiger partial charge in [0.1, 0.15) is 34.1 Å². The van der Waals surface area contributed by atoms with Gasteiger partial charge >= 0.3 is 0 Å². The van der Waals surface area contributed by atoms with Crippen LogP contribution in [-0.2, 0) is 15.4 Å². The van der Waals surface area contributed by atoms with Crippen molar-refractivity contribution in [3.05, 3.63) is 58.9 Å². The summed E-state index contributed by atoms with van der Waals surface area (Å²) in [5.41, 5.74) is 3.93. The first-order valence-corrected chi connectivity index (χ1v) is 11.7. The highest BCUT2D eigenvalue weighted by atomic mass is 35.5. The molecule has 12 heteroatoms. The van der Waals surface area contributed by atoms with Crippen LogP contribution in [0.25, 0.3) is 10.9 Å². The second kappa shape index (κ2) is 7.84. The zero-order valence-corrected chi connectivity index (χ0v) is 19.1. The zero-order chi connectivity index (χ0) is 24.2. The number of nitrogens with zero attached hydrogens (tertiary/aromatic N) is 3. The van der Waals surface area contributed by atoms with Crippen molar-refractivity contribution in [2.24, 2.45) is 10.7 Å². The fourth-order valence-corrected chi connectivity index (χ4v) is 5.39. The number of rotatable bonds is 4. The molecule has 0 amide bonds. The molecule has 4 rings (SSSR count). The average Bonchev–Trinajstić information content (AvgIpc) is 2.75. The zero-order valence-electron chi connectivity index (χ0n) is 17.5. The standard InChI is InChI=1S/C21H19ClF3N5O2S/c1-20(2)19(26)30-21(9-23,10-33(20,31)32)14-6-12(3-4-15(14)24)29-18-17-13(16(25)8-28-18)5-11(22)7-27-17/h3-8H,9-10H2,1-2H3,(H2,26,30)(H,28,29)/t21-/m0/s1. The molecule has 0 radical (unpaired) electrons. The first kappa shape index (κ1) is 23.2. The molecule has 0 saturated heterocycles. The summed E-state index contributed by atoms with van der Waals surface area (Å²) in [6, 6.07) is 4.99. The number of nitrogens with one attached hydrogen (secondary N) is 1. The van der Waals surface area contributed by atoms with Gasteiger partial charge in [-0.25, -0.2) is 26.6 Å². The summed E-state index contributed by atoms with van der Waals surface area (Å²) in [5.74, 6) is -2.43. The van der Waals surface area contributed by atoms with Gasteiger partial charge in [-0.05, 0) is 38.1 Å². The molecule has 0 fully saturated rings. The van der Waals surface area contributed by atoms with Crippen LogP contribution < -0.4 is 11.1 Å². The van der Waals surface area contributed by atoms with Gasteiger partial charge < -0.3 is 11.1 Å². The van der Waals surface area contributed by atoms with Crippen molar-refractivity contribution >= 4 is 49.7 Å². The lowest BCUT2D eigenvalue weighted by atomic mass is 9.92. The van der Waals surface area contributed by atoms with Gasteiger partial charge in [-0.1, -0.05) is 11.6 Å². The van der Waals surface area contributed by atoms with Crippen molar-refractivity contribution in [3.8, 4) is 0 Å². The van der Waals surface area contributed by atoms with Crippen LogP contribution in [0, 0.1) is 11.6 Å². The summed E-state index contributed by atoms with van der Waals surface area (Å²) < 4.78 is 67.5. The Morgan fingerprint density at radius 2 is 1.88 bits per heavy atom. The third kappa shape index (κ3) is 3.78. The molecule has 0 bridgehead atoms. The van der Waals surface area contributed by atoms with Crippen LogP contribution >= 0.6 is 11.6 Å². The lowest BCUT2D eigenvalue weighted by Gasteiger charge is -2.38. The number of alkyl halides is 1. The van der Waals surface area contributed by atoms with Crippen molar-refractivity contribution in [1.82, 2.24) is 9.97 Å². The number of sulfone groups is 1. The number of hydrogen-bond donors (Lipinski definition) is 2. The highest BCUT2D eigenvalue weighted by Crippen LogP contribution is 2.40. The molecule has 33 heavy (non-hydrogen) atoms. The largest absolute Gasteiger partial charge is 0.386 e. The maximum Gasteiger partial charge on any atom is 0.165 e. The second-order valence-electron chi connectivity index (χ2n) is 8.26. The SMILES string of the molecule is CC1(C)C(N)=N[C@](CF)(c2cc(Nc3ncc(F)c4cc(Cl)cnc34)ccc2F)CS1(=O)=O. The Morgan fingerprint density at radius 1 is 1.15 bits per heavy atom. The van der Waals surface area contributed by atoms with Gasteiger partial charge in [-0.15, -0.1) is 0 Å². The van der Waals surface area contributed by atoms with Gasteiger partial charge in [0.2, 0.25) is 0 Å². The number of hydrogen-bond acceptors (Lipinski definition) is 7. The minimum atomic E-state index is -3.96. The number of pyridine rings is 2. The Bertz CT molecular complexity index is 1410. The number of aliphatic imine (C=N–C) groups is 1. The predicted molar refractivity (Wildman–Crippen MR) is 121 cm³/mol. The molecule has 0 spiro atoms. The first-order valence-electron chi connectivity index (χ1n) is 9.71. The molecule has 1 aliphatic rings. The van der Waals surface area contributed by atoms with Crippen LogP contribution in [-0.4, -0.2) is 41.4 Å². The number of aromatic nitrogens is 2. The molecule has 1 atom stereocenters. The molecule has 7 nitrogen and oxygen atoms in total. The highest BCUT2D eigenvalue weighted by Gasteiger charge is 2.51. The average molecular weight is 498 g/mol. The van der Waals surface area contributed by atoms with Gasteiger partial charge in [-0.3, -0.25) is 9.98 Å². The Balaban J connectivity index is 1.82. The van der Waals surface area contributed by atoms with Gasteiger partial charge in [0, 0.05) is 22.8 Å². The molecule has 3 heterocycles. The third-order valence-corrected chi connectivity index (χ3v) is 8.58. The number of benzene rings is 1. The molecular formula is C21H19ClF3N5O2S. The summed E-state index contributed by atoms with van der Waals surface area (Å²) in [7, 11) is -3.96. The minimum Gasteiger partial charge on any atom is -0.386 e. The van der Waals surface area contributed by atoms with E-state index in [1.165, 1.54) is 38.2 Å². The highest BCUT2D eigenvalue weighted by molar-refractivity contribution is 7.93. The Labute approximate surface area is 192 Å². The van der Waals surface area contributed by atoms with E-state index in [-0.39, 0.29) is 38.8 Å². The van der Waals surface area contributed by atoms with E-state index in [0.29, 0.717) is 0 Å². The lowest BCUT2D eigenvalue weighted by Crippen LogP contribution is -2.56. The normalized spacial score (nSPS) is 21.6. The van der Waals surface area contributed by atoms with Crippen LogP contribution in [0.4, 0.5) is 24.7 Å². The van der Waals surface area contributed by atoms with Crippen LogP contribution in [0.1, 0.15) is 19.4 Å². The minimum absolute atomic E-state index is 0.112. The summed E-state index contributed by atoms with van der Waals surface area (Å²) in [6.07, 6.45) is 2.29. The summed E-state index contributed by atoms with van der Waals surface area (Å²) in [4.78, 5) is 12.2. The molecular weight excluding hydrogens is 479 g/mol. The third-order valence-electron chi connectivity index (χ3n) is 5.75. The fraction of sp³-hybridized carbons (Fsp3) is 0.286. The molecule has 1 aromatic carbocycles. The molecule has 174 valence electrons. The summed E-state index contributed by atoms with van der Waals surface area (Å²) in [6.45, 7) is 1.44. The molecule has 0 unspecified atom stereocenters. The molecule has 3 aromatic rings. The molecule has 2 aromatic heterocycles. The smallest absolute Gasteiger partial charge is 0.165 e. The molecule has 0 aliphatic carbocycles. The number of fused-ring (bicyclic) bond motifs is 1. The fourth-order valence-electron chi connectivity index (χ4n) is 3.58. The van der Waals surface area contributed by atoms with Gasteiger partial charge in [0.25, 0.3) is 0 Å². The van der Waals surface area contributed by atoms with Crippen LogP contribution in [0.3, 0.4) is 0 Å². The Hall–Kier alpha value is -2.92. The monoisotopic (exact) mass is 497 g/mol. The second-order valence-corrected chi connectivity index (χ2v) is 11.2. The van der Waals surface area contributed by atoms with E-state index in [4.69, 9.17) is 17.3 Å². The van der Waals surface area contributed by atoms with E-state index in [2.05, 4.69) is 20.3 Å². The number of amidine groups is 1. The topological polar surface area (TPSA) is 110 Å². The van der Waals surface area contributed by atoms with Crippen molar-refractivity contribution in [2.45, 2.75) is 24.1 Å². The van der Waals surface area contributed by atoms with Crippen molar-refractivity contribution in [2.75, 3.05) is 17.7 Å². The number of halogens is 4. The van der Waals surface area contributed by atoms with E-state index in [9.17, 15) is 21.6 Å².